The summed E-state index contributed by atoms with van der Waals surface area (Å²) in [4.78, 5) is 78.3. The van der Waals surface area contributed by atoms with Crippen LogP contribution in [0, 0.1) is 11.3 Å². The van der Waals surface area contributed by atoms with Gasteiger partial charge in [0.1, 0.15) is 12.2 Å². The molecule has 0 radical (unpaired) electrons. The molecule has 4 aliphatic rings. The molecular weight excluding hydrogens is 616 g/mol. The molecule has 0 saturated carbocycles. The predicted octanol–water partition coefficient (Wildman–Crippen LogP) is 3.59. The van der Waals surface area contributed by atoms with Crippen molar-refractivity contribution in [1.29, 1.82) is 0 Å². The van der Waals surface area contributed by atoms with Crippen LogP contribution in [0.15, 0.2) is 23.3 Å². The molecule has 47 heavy (non-hydrogen) atoms. The Hall–Kier alpha value is -3.74. The van der Waals surface area contributed by atoms with Gasteiger partial charge in [-0.3, -0.25) is 24.0 Å². The van der Waals surface area contributed by atoms with Gasteiger partial charge in [-0.2, -0.15) is 0 Å². The van der Waals surface area contributed by atoms with Crippen LogP contribution in [0.3, 0.4) is 0 Å². The molecule has 0 aromatic carbocycles. The summed E-state index contributed by atoms with van der Waals surface area (Å²) in [7, 11) is 0. The Bertz CT molecular complexity index is 1380. The maximum atomic E-state index is 13.4. The molecule has 0 amide bonds. The van der Waals surface area contributed by atoms with Gasteiger partial charge in [0.05, 0.1) is 5.41 Å². The molecule has 2 saturated heterocycles. The molecule has 260 valence electrons. The van der Waals surface area contributed by atoms with Crippen LogP contribution in [0.25, 0.3) is 0 Å². The van der Waals surface area contributed by atoms with Gasteiger partial charge < -0.3 is 33.2 Å². The van der Waals surface area contributed by atoms with E-state index in [9.17, 15) is 28.8 Å². The largest absolute Gasteiger partial charge is 0.461 e. The van der Waals surface area contributed by atoms with E-state index in [-0.39, 0.29) is 19.3 Å². The zero-order valence-electron chi connectivity index (χ0n) is 28.5. The number of esters is 6. The van der Waals surface area contributed by atoms with Crippen molar-refractivity contribution >= 4 is 35.8 Å². The minimum absolute atomic E-state index is 0.000254. The van der Waals surface area contributed by atoms with Crippen LogP contribution in [0.4, 0.5) is 0 Å². The standard InChI is InChI=1S/C34H46O13/c1-10-12-24(38)45-27-18(4)16-23-34(33(9,47-34)31(40)44-23)29(42-20(6)36)26-17(3)14-15-22(41-19(5)35)32(26,8)30(43-21(7)37)28(27)46-25(39)13-11-2/h14,16,22-23,26-30H,10-13,15H2,1-9H3/b18-16-/t22-,23-,26+,27?,28-,29?,30-,32-,33-,34-/m0/s1. The summed E-state index contributed by atoms with van der Waals surface area (Å²) in [6.45, 7) is 13.8. The molecule has 0 aromatic heterocycles. The summed E-state index contributed by atoms with van der Waals surface area (Å²) in [5.74, 6) is -5.02. The number of fused-ring (bicyclic) bond motifs is 1. The highest BCUT2D eigenvalue weighted by Crippen LogP contribution is 2.65. The molecule has 13 heteroatoms. The van der Waals surface area contributed by atoms with Gasteiger partial charge in [0.25, 0.3) is 0 Å². The Morgan fingerprint density at radius 2 is 1.36 bits per heavy atom. The van der Waals surface area contributed by atoms with E-state index in [0.717, 1.165) is 0 Å². The Labute approximate surface area is 274 Å². The Morgan fingerprint density at radius 1 is 0.809 bits per heavy atom. The van der Waals surface area contributed by atoms with Crippen LogP contribution in [0.1, 0.15) is 94.4 Å². The first-order chi connectivity index (χ1) is 22.0. The third kappa shape index (κ3) is 6.30. The molecule has 2 aliphatic heterocycles. The predicted molar refractivity (Wildman–Crippen MR) is 162 cm³/mol. The van der Waals surface area contributed by atoms with Crippen molar-refractivity contribution in [2.45, 2.75) is 142 Å². The Balaban J connectivity index is 2.12. The maximum absolute atomic E-state index is 13.4. The van der Waals surface area contributed by atoms with E-state index in [1.54, 1.807) is 41.5 Å². The summed E-state index contributed by atoms with van der Waals surface area (Å²) < 4.78 is 42.3. The van der Waals surface area contributed by atoms with Gasteiger partial charge in [-0.25, -0.2) is 4.79 Å². The molecule has 0 N–H and O–H groups in total. The summed E-state index contributed by atoms with van der Waals surface area (Å²) in [5, 5.41) is 0. The zero-order chi connectivity index (χ0) is 35.1. The molecule has 0 aromatic rings. The molecule has 1 spiro atoms. The smallest absolute Gasteiger partial charge is 0.342 e. The van der Waals surface area contributed by atoms with E-state index in [1.807, 2.05) is 6.08 Å². The van der Waals surface area contributed by atoms with E-state index in [0.29, 0.717) is 24.0 Å². The molecule has 0 bridgehead atoms. The SMILES string of the molecule is CCCC(=O)OC1/C(C)=C\[C@@H]2OC(=O)[C@]3(C)O[C@]23C(OC(C)=O)[C@H]2C(C)=CC[C@H](OC(C)=O)[C@]2(C)[C@@H](OC(C)=O)[C@H]1OC(=O)CCC. The number of carbonyl (C=O) groups is 6. The quantitative estimate of drug-likeness (QED) is 0.152. The monoisotopic (exact) mass is 662 g/mol. The molecule has 10 atom stereocenters. The first kappa shape index (κ1) is 36.1. The van der Waals surface area contributed by atoms with Gasteiger partial charge in [0.15, 0.2) is 35.6 Å². The Kier molecular flexibility index (Phi) is 10.3. The van der Waals surface area contributed by atoms with Crippen molar-refractivity contribution < 1.29 is 61.9 Å². The van der Waals surface area contributed by atoms with Crippen LogP contribution in [0.5, 0.6) is 0 Å². The number of rotatable bonds is 9. The average Bonchev–Trinajstić information content (AvgIpc) is 3.55. The van der Waals surface area contributed by atoms with Crippen LogP contribution in [0.2, 0.25) is 0 Å². The van der Waals surface area contributed by atoms with Gasteiger partial charge in [-0.1, -0.05) is 32.4 Å². The fourth-order valence-corrected chi connectivity index (χ4v) is 7.64. The highest BCUT2D eigenvalue weighted by molar-refractivity contribution is 5.89. The van der Waals surface area contributed by atoms with Gasteiger partial charge in [0, 0.05) is 46.0 Å². The summed E-state index contributed by atoms with van der Waals surface area (Å²) in [6, 6.07) is 0. The van der Waals surface area contributed by atoms with E-state index in [2.05, 4.69) is 0 Å². The number of carbonyl (C=O) groups excluding carboxylic acids is 6. The van der Waals surface area contributed by atoms with Gasteiger partial charge >= 0.3 is 35.8 Å². The highest BCUT2D eigenvalue weighted by Gasteiger charge is 2.87. The van der Waals surface area contributed by atoms with Gasteiger partial charge in [-0.05, 0) is 45.3 Å². The third-order valence-corrected chi connectivity index (χ3v) is 9.76. The van der Waals surface area contributed by atoms with E-state index in [4.69, 9.17) is 33.2 Å². The van der Waals surface area contributed by atoms with Crippen molar-refractivity contribution in [3.8, 4) is 0 Å². The van der Waals surface area contributed by atoms with Crippen LogP contribution in [-0.4, -0.2) is 83.6 Å². The lowest BCUT2D eigenvalue weighted by molar-refractivity contribution is -0.224. The lowest BCUT2D eigenvalue weighted by Gasteiger charge is -2.54. The normalized spacial score (nSPS) is 38.4. The van der Waals surface area contributed by atoms with Crippen molar-refractivity contribution in [3.63, 3.8) is 0 Å². The second-order valence-corrected chi connectivity index (χ2v) is 13.2. The van der Waals surface area contributed by atoms with Crippen molar-refractivity contribution in [2.24, 2.45) is 11.3 Å². The first-order valence-electron chi connectivity index (χ1n) is 16.1. The average molecular weight is 663 g/mol. The summed E-state index contributed by atoms with van der Waals surface area (Å²) >= 11 is 0. The zero-order valence-corrected chi connectivity index (χ0v) is 28.5. The topological polar surface area (TPSA) is 170 Å². The summed E-state index contributed by atoms with van der Waals surface area (Å²) in [5.41, 5.74) is -3.71. The van der Waals surface area contributed by atoms with Crippen molar-refractivity contribution in [3.05, 3.63) is 23.3 Å². The van der Waals surface area contributed by atoms with E-state index >= 15 is 0 Å². The number of ether oxygens (including phenoxy) is 7. The minimum Gasteiger partial charge on any atom is -0.461 e. The van der Waals surface area contributed by atoms with E-state index in [1.165, 1.54) is 26.8 Å². The maximum Gasteiger partial charge on any atom is 0.342 e. The minimum atomic E-state index is -1.57. The van der Waals surface area contributed by atoms with Gasteiger partial charge in [0.2, 0.25) is 0 Å². The molecule has 13 nitrogen and oxygen atoms in total. The van der Waals surface area contributed by atoms with Crippen LogP contribution < -0.4 is 0 Å². The molecule has 2 aliphatic carbocycles. The lowest BCUT2D eigenvalue weighted by atomic mass is 9.56. The van der Waals surface area contributed by atoms with Gasteiger partial charge in [-0.15, -0.1) is 0 Å². The number of hydrogen-bond acceptors (Lipinski definition) is 13. The molecule has 2 heterocycles. The first-order valence-corrected chi connectivity index (χ1v) is 16.1. The van der Waals surface area contributed by atoms with E-state index < -0.39 is 95.0 Å². The fraction of sp³-hybridized carbons (Fsp3) is 0.706. The number of epoxide rings is 1. The molecular formula is C34H46O13. The number of hydrogen-bond donors (Lipinski definition) is 0. The second kappa shape index (κ2) is 13.4. The summed E-state index contributed by atoms with van der Waals surface area (Å²) in [6.07, 6.45) is -3.27. The lowest BCUT2D eigenvalue weighted by Crippen LogP contribution is -2.66. The third-order valence-electron chi connectivity index (χ3n) is 9.76. The van der Waals surface area contributed by atoms with Crippen molar-refractivity contribution in [1.82, 2.24) is 0 Å². The molecule has 2 unspecified atom stereocenters. The highest BCUT2D eigenvalue weighted by atomic mass is 16.7. The molecule has 2 fully saturated rings. The fourth-order valence-electron chi connectivity index (χ4n) is 7.64. The van der Waals surface area contributed by atoms with Crippen LogP contribution >= 0.6 is 0 Å². The van der Waals surface area contributed by atoms with Crippen molar-refractivity contribution in [2.75, 3.05) is 0 Å². The van der Waals surface area contributed by atoms with Crippen LogP contribution in [-0.2, 0) is 61.9 Å². The molecule has 4 rings (SSSR count). The Morgan fingerprint density at radius 3 is 1.89 bits per heavy atom. The second-order valence-electron chi connectivity index (χ2n) is 13.2.